The first-order valence-corrected chi connectivity index (χ1v) is 4.39. The Labute approximate surface area is 83.8 Å². The number of carbonyl (C=O) groups excluding carboxylic acids is 1. The van der Waals surface area contributed by atoms with E-state index in [2.05, 4.69) is 20.7 Å². The predicted octanol–water partition coefficient (Wildman–Crippen LogP) is 0.689. The first kappa shape index (κ1) is 9.98. The summed E-state index contributed by atoms with van der Waals surface area (Å²) in [5.41, 5.74) is 0.692. The monoisotopic (exact) mass is 246 g/mol. The molecule has 0 spiro atoms. The van der Waals surface area contributed by atoms with Crippen LogP contribution in [0.2, 0.25) is 0 Å². The quantitative estimate of drug-likeness (QED) is 0.362. The van der Waals surface area contributed by atoms with E-state index in [0.717, 1.165) is 4.73 Å². The van der Waals surface area contributed by atoms with Gasteiger partial charge in [0.25, 0.3) is 4.60 Å². The summed E-state index contributed by atoms with van der Waals surface area (Å²) in [6.45, 7) is 0. The van der Waals surface area contributed by atoms with Crippen LogP contribution in [0.4, 0.5) is 0 Å². The minimum Gasteiger partial charge on any atom is -0.469 e. The highest BCUT2D eigenvalue weighted by molar-refractivity contribution is 9.10. The van der Waals surface area contributed by atoms with Gasteiger partial charge in [0.05, 0.1) is 13.5 Å². The summed E-state index contributed by atoms with van der Waals surface area (Å²) in [6.07, 6.45) is 1.60. The molecule has 13 heavy (non-hydrogen) atoms. The Morgan fingerprint density at radius 3 is 2.92 bits per heavy atom. The molecule has 0 aromatic carbocycles. The number of aromatic nitrogens is 1. The van der Waals surface area contributed by atoms with Gasteiger partial charge in [-0.25, -0.2) is 0 Å². The van der Waals surface area contributed by atoms with Crippen LogP contribution in [0.3, 0.4) is 0 Å². The molecule has 0 atom stereocenters. The van der Waals surface area contributed by atoms with Crippen molar-refractivity contribution in [2.75, 3.05) is 7.11 Å². The van der Waals surface area contributed by atoms with Crippen molar-refractivity contribution in [2.45, 2.75) is 6.42 Å². The van der Waals surface area contributed by atoms with Gasteiger partial charge in [-0.3, -0.25) is 10.0 Å². The van der Waals surface area contributed by atoms with Gasteiger partial charge in [0.1, 0.15) is 0 Å². The van der Waals surface area contributed by atoms with Crippen LogP contribution in [0.25, 0.3) is 0 Å². The van der Waals surface area contributed by atoms with Crippen LogP contribution in [0.15, 0.2) is 22.9 Å². The van der Waals surface area contributed by atoms with Crippen LogP contribution >= 0.6 is 15.9 Å². The van der Waals surface area contributed by atoms with E-state index < -0.39 is 0 Å². The van der Waals surface area contributed by atoms with Gasteiger partial charge >= 0.3 is 5.97 Å². The van der Waals surface area contributed by atoms with Crippen molar-refractivity contribution in [1.82, 2.24) is 0 Å². The number of nitrogens with zero attached hydrogens (tertiary/aromatic N) is 1. The van der Waals surface area contributed by atoms with Gasteiger partial charge in [-0.1, -0.05) is 0 Å². The summed E-state index contributed by atoms with van der Waals surface area (Å²) in [7, 11) is 1.33. The van der Waals surface area contributed by atoms with Gasteiger partial charge in [-0.2, -0.15) is 0 Å². The molecule has 1 aromatic heterocycles. The van der Waals surface area contributed by atoms with Gasteiger partial charge in [-0.05, 0) is 6.07 Å². The highest BCUT2D eigenvalue weighted by Gasteiger charge is 2.10. The standard InChI is InChI=1S/C8H9BrNO3/c1-13-8(11)4-6-2-3-7(9)10(12)5-6/h2-3,5,12H,4H2,1H3/q+1. The number of esters is 1. The zero-order valence-corrected chi connectivity index (χ0v) is 8.61. The molecule has 1 N–H and O–H groups in total. The molecule has 0 unspecified atom stereocenters. The SMILES string of the molecule is COC(=O)Cc1ccc(Br)[n+](O)c1. The summed E-state index contributed by atoms with van der Waals surface area (Å²) >= 11 is 3.11. The Morgan fingerprint density at radius 1 is 1.69 bits per heavy atom. The molecular weight excluding hydrogens is 238 g/mol. The van der Waals surface area contributed by atoms with E-state index in [1.54, 1.807) is 12.1 Å². The van der Waals surface area contributed by atoms with Crippen LogP contribution in [-0.2, 0) is 16.0 Å². The van der Waals surface area contributed by atoms with Gasteiger partial charge in [0, 0.05) is 32.3 Å². The van der Waals surface area contributed by atoms with E-state index in [9.17, 15) is 10.0 Å². The fourth-order valence-electron chi connectivity index (χ4n) is 0.857. The van der Waals surface area contributed by atoms with E-state index in [4.69, 9.17) is 0 Å². The van der Waals surface area contributed by atoms with Crippen LogP contribution in [0, 0.1) is 0 Å². The first-order chi connectivity index (χ1) is 6.13. The Bertz CT molecular complexity index is 327. The molecule has 0 amide bonds. The molecule has 0 saturated heterocycles. The molecular formula is C8H9BrNO3+. The normalized spacial score (nSPS) is 9.69. The Kier molecular flexibility index (Phi) is 3.25. The number of hydrogen-bond acceptors (Lipinski definition) is 3. The minimum atomic E-state index is -0.331. The zero-order chi connectivity index (χ0) is 9.84. The predicted molar refractivity (Wildman–Crippen MR) is 47.2 cm³/mol. The van der Waals surface area contributed by atoms with Crippen molar-refractivity contribution >= 4 is 21.9 Å². The maximum Gasteiger partial charge on any atom is 0.310 e. The van der Waals surface area contributed by atoms with Crippen LogP contribution in [0.1, 0.15) is 5.56 Å². The Hall–Kier alpha value is -1.10. The highest BCUT2D eigenvalue weighted by atomic mass is 79.9. The number of halogens is 1. The number of carbonyl (C=O) groups is 1. The lowest BCUT2D eigenvalue weighted by Gasteiger charge is -1.96. The molecule has 0 aliphatic rings. The van der Waals surface area contributed by atoms with E-state index in [0.29, 0.717) is 10.2 Å². The molecule has 0 aliphatic heterocycles. The first-order valence-electron chi connectivity index (χ1n) is 3.59. The average molecular weight is 247 g/mol. The van der Waals surface area contributed by atoms with Gasteiger partial charge in [0.15, 0.2) is 0 Å². The van der Waals surface area contributed by atoms with Crippen molar-refractivity contribution in [3.63, 3.8) is 0 Å². The molecule has 4 nitrogen and oxygen atoms in total. The second-order valence-corrected chi connectivity index (χ2v) is 3.27. The number of ether oxygens (including phenoxy) is 1. The third-order valence-corrected chi connectivity index (χ3v) is 2.15. The summed E-state index contributed by atoms with van der Waals surface area (Å²) < 4.78 is 5.91. The smallest absolute Gasteiger partial charge is 0.310 e. The lowest BCUT2D eigenvalue weighted by Crippen LogP contribution is -2.31. The number of pyridine rings is 1. The summed E-state index contributed by atoms with van der Waals surface area (Å²) in [5, 5.41) is 9.20. The molecule has 0 radical (unpaired) electrons. The fourth-order valence-corrected chi connectivity index (χ4v) is 1.09. The highest BCUT2D eigenvalue weighted by Crippen LogP contribution is 2.04. The molecule has 1 aromatic rings. The third-order valence-electron chi connectivity index (χ3n) is 1.52. The third kappa shape index (κ3) is 2.69. The van der Waals surface area contributed by atoms with Gasteiger partial charge in [-0.15, -0.1) is 0 Å². The van der Waals surface area contributed by atoms with Crippen molar-refractivity contribution in [2.24, 2.45) is 0 Å². The average Bonchev–Trinajstić information content (AvgIpc) is 2.11. The van der Waals surface area contributed by atoms with E-state index in [1.165, 1.54) is 13.3 Å². The van der Waals surface area contributed by atoms with E-state index in [1.807, 2.05) is 0 Å². The maximum absolute atomic E-state index is 10.9. The second kappa shape index (κ2) is 4.23. The van der Waals surface area contributed by atoms with Crippen molar-refractivity contribution in [1.29, 1.82) is 0 Å². The minimum absolute atomic E-state index is 0.157. The summed E-state index contributed by atoms with van der Waals surface area (Å²) in [6, 6.07) is 3.38. The lowest BCUT2D eigenvalue weighted by atomic mass is 10.2. The molecule has 0 aliphatic carbocycles. The summed E-state index contributed by atoms with van der Waals surface area (Å²) in [4.78, 5) is 10.9. The van der Waals surface area contributed by atoms with Crippen LogP contribution < -0.4 is 4.73 Å². The molecule has 1 heterocycles. The van der Waals surface area contributed by atoms with Gasteiger partial charge in [0.2, 0.25) is 6.20 Å². The number of rotatable bonds is 2. The van der Waals surface area contributed by atoms with E-state index in [-0.39, 0.29) is 12.4 Å². The van der Waals surface area contributed by atoms with Crippen molar-refractivity contribution in [3.8, 4) is 0 Å². The number of hydrogen-bond donors (Lipinski definition) is 1. The largest absolute Gasteiger partial charge is 0.469 e. The molecule has 70 valence electrons. The molecule has 5 heteroatoms. The van der Waals surface area contributed by atoms with Gasteiger partial charge < -0.3 is 4.74 Å². The number of methoxy groups -OCH3 is 1. The van der Waals surface area contributed by atoms with Crippen LogP contribution in [0.5, 0.6) is 0 Å². The molecule has 0 fully saturated rings. The Morgan fingerprint density at radius 2 is 2.38 bits per heavy atom. The lowest BCUT2D eigenvalue weighted by molar-refractivity contribution is -0.913. The second-order valence-electron chi connectivity index (χ2n) is 2.46. The summed E-state index contributed by atoms with van der Waals surface area (Å²) in [5.74, 6) is -0.331. The molecule has 1 rings (SSSR count). The zero-order valence-electron chi connectivity index (χ0n) is 7.03. The van der Waals surface area contributed by atoms with Crippen molar-refractivity contribution < 1.29 is 19.5 Å². The molecule has 0 bridgehead atoms. The maximum atomic E-state index is 10.9. The molecule has 0 saturated carbocycles. The topological polar surface area (TPSA) is 50.4 Å². The Balaban J connectivity index is 2.79. The van der Waals surface area contributed by atoms with Crippen molar-refractivity contribution in [3.05, 3.63) is 28.5 Å². The van der Waals surface area contributed by atoms with E-state index >= 15 is 0 Å². The van der Waals surface area contributed by atoms with Crippen LogP contribution in [-0.4, -0.2) is 18.3 Å². The fraction of sp³-hybridized carbons (Fsp3) is 0.250.